The van der Waals surface area contributed by atoms with Crippen LogP contribution in [-0.2, 0) is 9.53 Å². The van der Waals surface area contributed by atoms with Crippen LogP contribution in [0.2, 0.25) is 0 Å². The lowest BCUT2D eigenvalue weighted by Crippen LogP contribution is -1.99. The predicted molar refractivity (Wildman–Crippen MR) is 35.7 cm³/mol. The zero-order valence-electron chi connectivity index (χ0n) is 6.10. The van der Waals surface area contributed by atoms with Gasteiger partial charge in [-0.3, -0.25) is 0 Å². The zero-order valence-corrected chi connectivity index (χ0v) is 6.10. The van der Waals surface area contributed by atoms with Crippen molar-refractivity contribution in [2.45, 2.75) is 20.3 Å². The fourth-order valence-electron chi connectivity index (χ4n) is 0.529. The third-order valence-electron chi connectivity index (χ3n) is 1.38. The van der Waals surface area contributed by atoms with Crippen molar-refractivity contribution in [2.24, 2.45) is 5.92 Å². The molecule has 0 amide bonds. The second-order valence-electron chi connectivity index (χ2n) is 1.98. The lowest BCUT2D eigenvalue weighted by molar-refractivity contribution is 0.249. The largest absolute Gasteiger partial charge is 0.490 e. The van der Waals surface area contributed by atoms with Crippen LogP contribution in [-0.4, -0.2) is 13.1 Å². The van der Waals surface area contributed by atoms with E-state index in [-0.39, 0.29) is 5.92 Å². The average Bonchev–Trinajstić information content (AvgIpc) is 1.90. The smallest absolute Gasteiger partial charge is 0.181 e. The Morgan fingerprint density at radius 1 is 1.78 bits per heavy atom. The van der Waals surface area contributed by atoms with Crippen molar-refractivity contribution in [3.05, 3.63) is 5.76 Å². The van der Waals surface area contributed by atoms with Crippen molar-refractivity contribution < 1.29 is 9.53 Å². The lowest BCUT2D eigenvalue weighted by atomic mass is 10.1. The van der Waals surface area contributed by atoms with Gasteiger partial charge in [0.2, 0.25) is 0 Å². The van der Waals surface area contributed by atoms with E-state index >= 15 is 0 Å². The lowest BCUT2D eigenvalue weighted by Gasteiger charge is -2.06. The van der Waals surface area contributed by atoms with Gasteiger partial charge in [-0.25, -0.2) is 4.79 Å². The van der Waals surface area contributed by atoms with Gasteiger partial charge in [0.25, 0.3) is 0 Å². The first-order valence-corrected chi connectivity index (χ1v) is 3.05. The van der Waals surface area contributed by atoms with Crippen LogP contribution in [0.3, 0.4) is 0 Å². The molecule has 0 aromatic heterocycles. The van der Waals surface area contributed by atoms with E-state index in [0.29, 0.717) is 5.76 Å². The Kier molecular flexibility index (Phi) is 3.81. The van der Waals surface area contributed by atoms with Crippen LogP contribution in [0.25, 0.3) is 0 Å². The van der Waals surface area contributed by atoms with Gasteiger partial charge in [-0.15, -0.1) is 0 Å². The highest BCUT2D eigenvalue weighted by atomic mass is 16.5. The molecule has 0 rings (SSSR count). The van der Waals surface area contributed by atoms with E-state index < -0.39 is 0 Å². The summed E-state index contributed by atoms with van der Waals surface area (Å²) in [5, 5.41) is 0. The molecular formula is C7H12O2. The molecule has 2 heteroatoms. The molecule has 0 heterocycles. The summed E-state index contributed by atoms with van der Waals surface area (Å²) < 4.78 is 4.75. The van der Waals surface area contributed by atoms with E-state index in [2.05, 4.69) is 0 Å². The molecular weight excluding hydrogens is 116 g/mol. The van der Waals surface area contributed by atoms with Crippen LogP contribution in [0.5, 0.6) is 0 Å². The van der Waals surface area contributed by atoms with Crippen molar-refractivity contribution in [3.63, 3.8) is 0 Å². The zero-order chi connectivity index (χ0) is 7.28. The van der Waals surface area contributed by atoms with Gasteiger partial charge in [0.1, 0.15) is 0 Å². The maximum Gasteiger partial charge on any atom is 0.181 e. The van der Waals surface area contributed by atoms with Gasteiger partial charge >= 0.3 is 0 Å². The fraction of sp³-hybridized carbons (Fsp3) is 0.714. The third-order valence-corrected chi connectivity index (χ3v) is 1.38. The second kappa shape index (κ2) is 4.16. The highest BCUT2D eigenvalue weighted by Crippen LogP contribution is 2.10. The first-order valence-electron chi connectivity index (χ1n) is 3.05. The molecule has 0 saturated carbocycles. The summed E-state index contributed by atoms with van der Waals surface area (Å²) in [6.07, 6.45) is 0.915. The second-order valence-corrected chi connectivity index (χ2v) is 1.98. The highest BCUT2D eigenvalue weighted by molar-refractivity contribution is 5.49. The summed E-state index contributed by atoms with van der Waals surface area (Å²) in [6, 6.07) is 0. The maximum atomic E-state index is 10.0. The SMILES string of the molecule is CCC(C)C(=C=O)OC. The van der Waals surface area contributed by atoms with Crippen molar-refractivity contribution in [2.75, 3.05) is 7.11 Å². The molecule has 0 radical (unpaired) electrons. The number of methoxy groups -OCH3 is 1. The minimum Gasteiger partial charge on any atom is -0.490 e. The molecule has 0 aromatic carbocycles. The molecule has 52 valence electrons. The minimum atomic E-state index is 0.201. The Bertz CT molecular complexity index is 123. The van der Waals surface area contributed by atoms with Crippen LogP contribution >= 0.6 is 0 Å². The normalized spacial score (nSPS) is 11.9. The number of allylic oxidation sites excluding steroid dienone is 1. The third kappa shape index (κ3) is 2.34. The van der Waals surface area contributed by atoms with Crippen LogP contribution in [0.1, 0.15) is 20.3 Å². The molecule has 0 aliphatic rings. The van der Waals surface area contributed by atoms with E-state index in [0.717, 1.165) is 6.42 Å². The topological polar surface area (TPSA) is 26.3 Å². The average molecular weight is 128 g/mol. The summed E-state index contributed by atoms with van der Waals surface area (Å²) in [4.78, 5) is 10.0. The minimum absolute atomic E-state index is 0.201. The number of hydrogen-bond acceptors (Lipinski definition) is 2. The molecule has 2 nitrogen and oxygen atoms in total. The Morgan fingerprint density at radius 3 is 2.44 bits per heavy atom. The summed E-state index contributed by atoms with van der Waals surface area (Å²) >= 11 is 0. The fourth-order valence-corrected chi connectivity index (χ4v) is 0.529. The van der Waals surface area contributed by atoms with E-state index in [9.17, 15) is 4.79 Å². The van der Waals surface area contributed by atoms with Crippen molar-refractivity contribution in [1.82, 2.24) is 0 Å². The van der Waals surface area contributed by atoms with Gasteiger partial charge in [0, 0.05) is 5.92 Å². The summed E-state index contributed by atoms with van der Waals surface area (Å²) in [6.45, 7) is 3.94. The monoisotopic (exact) mass is 128 g/mol. The van der Waals surface area contributed by atoms with E-state index in [1.165, 1.54) is 7.11 Å². The first kappa shape index (κ1) is 8.25. The molecule has 9 heavy (non-hydrogen) atoms. The summed E-state index contributed by atoms with van der Waals surface area (Å²) in [7, 11) is 1.49. The molecule has 0 spiro atoms. The maximum absolute atomic E-state index is 10.0. The Morgan fingerprint density at radius 2 is 2.33 bits per heavy atom. The number of ether oxygens (including phenoxy) is 1. The van der Waals surface area contributed by atoms with Gasteiger partial charge in [-0.1, -0.05) is 13.8 Å². The summed E-state index contributed by atoms with van der Waals surface area (Å²) in [5.74, 6) is 2.36. The number of rotatable bonds is 3. The Labute approximate surface area is 55.5 Å². The number of hydrogen-bond donors (Lipinski definition) is 0. The highest BCUT2D eigenvalue weighted by Gasteiger charge is 2.05. The van der Waals surface area contributed by atoms with Gasteiger partial charge in [-0.05, 0) is 6.42 Å². The van der Waals surface area contributed by atoms with Gasteiger partial charge in [0.15, 0.2) is 11.7 Å². The Hall–Kier alpha value is -0.750. The van der Waals surface area contributed by atoms with Crippen LogP contribution in [0, 0.1) is 5.92 Å². The van der Waals surface area contributed by atoms with Crippen molar-refractivity contribution in [1.29, 1.82) is 0 Å². The van der Waals surface area contributed by atoms with E-state index in [4.69, 9.17) is 4.74 Å². The van der Waals surface area contributed by atoms with Gasteiger partial charge < -0.3 is 4.74 Å². The standard InChI is InChI=1S/C7H12O2/c1-4-6(2)7(5-8)9-3/h6H,4H2,1-3H3. The van der Waals surface area contributed by atoms with Gasteiger partial charge in [0.05, 0.1) is 7.11 Å². The molecule has 0 fully saturated rings. The van der Waals surface area contributed by atoms with Crippen LogP contribution < -0.4 is 0 Å². The van der Waals surface area contributed by atoms with E-state index in [1.807, 2.05) is 13.8 Å². The molecule has 0 N–H and O–H groups in total. The predicted octanol–water partition coefficient (Wildman–Crippen LogP) is 1.39. The van der Waals surface area contributed by atoms with Crippen molar-refractivity contribution in [3.8, 4) is 0 Å². The number of carbonyl (C=O) groups excluding carboxylic acids is 1. The van der Waals surface area contributed by atoms with E-state index in [1.54, 1.807) is 5.94 Å². The molecule has 0 aliphatic heterocycles. The molecule has 1 unspecified atom stereocenters. The molecule has 0 saturated heterocycles. The molecule has 1 atom stereocenters. The summed E-state index contributed by atoms with van der Waals surface area (Å²) in [5.41, 5.74) is 0. The van der Waals surface area contributed by atoms with Crippen LogP contribution in [0.15, 0.2) is 5.76 Å². The molecule has 0 bridgehead atoms. The Balaban J connectivity index is 3.96. The molecule has 0 aliphatic carbocycles. The van der Waals surface area contributed by atoms with Crippen molar-refractivity contribution >= 4 is 5.94 Å². The van der Waals surface area contributed by atoms with Gasteiger partial charge in [-0.2, -0.15) is 0 Å². The van der Waals surface area contributed by atoms with Crippen LogP contribution in [0.4, 0.5) is 0 Å². The first-order chi connectivity index (χ1) is 4.26. The quantitative estimate of drug-likeness (QED) is 0.424. The molecule has 0 aromatic rings.